The van der Waals surface area contributed by atoms with Crippen molar-refractivity contribution in [1.29, 1.82) is 0 Å². The molecule has 0 radical (unpaired) electrons. The molecule has 1 unspecified atom stereocenters. The average molecular weight is 262 g/mol. The van der Waals surface area contributed by atoms with Gasteiger partial charge in [-0.3, -0.25) is 4.90 Å². The SMILES string of the molecule is CC(C)NC(CO)CCN1CCc2ccccc2C1. The van der Waals surface area contributed by atoms with Gasteiger partial charge in [0.25, 0.3) is 0 Å². The van der Waals surface area contributed by atoms with Gasteiger partial charge in [-0.15, -0.1) is 0 Å². The summed E-state index contributed by atoms with van der Waals surface area (Å²) in [6, 6.07) is 9.37. The molecule has 1 aromatic carbocycles. The van der Waals surface area contributed by atoms with Crippen molar-refractivity contribution in [1.82, 2.24) is 10.2 Å². The quantitative estimate of drug-likeness (QED) is 0.820. The van der Waals surface area contributed by atoms with Crippen molar-refractivity contribution in [2.75, 3.05) is 19.7 Å². The van der Waals surface area contributed by atoms with E-state index in [1.54, 1.807) is 0 Å². The molecule has 0 aliphatic carbocycles. The van der Waals surface area contributed by atoms with E-state index >= 15 is 0 Å². The van der Waals surface area contributed by atoms with Crippen LogP contribution in [0.15, 0.2) is 24.3 Å². The van der Waals surface area contributed by atoms with Crippen LogP contribution in [-0.4, -0.2) is 41.8 Å². The van der Waals surface area contributed by atoms with Gasteiger partial charge in [0.1, 0.15) is 0 Å². The van der Waals surface area contributed by atoms with E-state index in [0.717, 1.165) is 32.5 Å². The van der Waals surface area contributed by atoms with Crippen LogP contribution < -0.4 is 5.32 Å². The van der Waals surface area contributed by atoms with Gasteiger partial charge < -0.3 is 10.4 Å². The summed E-state index contributed by atoms with van der Waals surface area (Å²) in [5.41, 5.74) is 2.96. The first kappa shape index (κ1) is 14.5. The summed E-state index contributed by atoms with van der Waals surface area (Å²) in [7, 11) is 0. The number of benzene rings is 1. The highest BCUT2D eigenvalue weighted by Gasteiger charge is 2.17. The van der Waals surface area contributed by atoms with Crippen LogP contribution in [0.4, 0.5) is 0 Å². The number of aliphatic hydroxyl groups excluding tert-OH is 1. The van der Waals surface area contributed by atoms with Gasteiger partial charge in [0, 0.05) is 31.7 Å². The molecule has 106 valence electrons. The minimum Gasteiger partial charge on any atom is -0.395 e. The molecule has 1 aliphatic rings. The van der Waals surface area contributed by atoms with Crippen LogP contribution in [0.3, 0.4) is 0 Å². The summed E-state index contributed by atoms with van der Waals surface area (Å²) in [4.78, 5) is 2.49. The van der Waals surface area contributed by atoms with Crippen LogP contribution >= 0.6 is 0 Å². The Morgan fingerprint density at radius 3 is 2.68 bits per heavy atom. The van der Waals surface area contributed by atoms with Crippen molar-refractivity contribution in [2.45, 2.75) is 45.3 Å². The molecule has 2 rings (SSSR count). The van der Waals surface area contributed by atoms with E-state index in [-0.39, 0.29) is 12.6 Å². The molecule has 0 bridgehead atoms. The lowest BCUT2D eigenvalue weighted by molar-refractivity contribution is 0.193. The Balaban J connectivity index is 1.82. The molecule has 0 spiro atoms. The van der Waals surface area contributed by atoms with E-state index < -0.39 is 0 Å². The molecule has 0 fully saturated rings. The summed E-state index contributed by atoms with van der Waals surface area (Å²) < 4.78 is 0. The van der Waals surface area contributed by atoms with Crippen molar-refractivity contribution in [3.63, 3.8) is 0 Å². The van der Waals surface area contributed by atoms with Crippen molar-refractivity contribution in [3.8, 4) is 0 Å². The van der Waals surface area contributed by atoms with E-state index in [1.165, 1.54) is 11.1 Å². The molecule has 3 heteroatoms. The van der Waals surface area contributed by atoms with E-state index in [9.17, 15) is 5.11 Å². The van der Waals surface area contributed by atoms with E-state index in [1.807, 2.05) is 0 Å². The van der Waals surface area contributed by atoms with Gasteiger partial charge in [0.05, 0.1) is 6.61 Å². The van der Waals surface area contributed by atoms with Crippen molar-refractivity contribution < 1.29 is 5.11 Å². The van der Waals surface area contributed by atoms with Crippen LogP contribution in [-0.2, 0) is 13.0 Å². The predicted octanol–water partition coefficient (Wildman–Crippen LogP) is 1.79. The van der Waals surface area contributed by atoms with Gasteiger partial charge >= 0.3 is 0 Å². The summed E-state index contributed by atoms with van der Waals surface area (Å²) >= 11 is 0. The number of nitrogens with zero attached hydrogens (tertiary/aromatic N) is 1. The molecular formula is C16H26N2O. The Bertz CT molecular complexity index is 392. The summed E-state index contributed by atoms with van der Waals surface area (Å²) in [5, 5.41) is 12.8. The van der Waals surface area contributed by atoms with Crippen molar-refractivity contribution in [2.24, 2.45) is 0 Å². The second kappa shape index (κ2) is 7.04. The van der Waals surface area contributed by atoms with Gasteiger partial charge in [0.2, 0.25) is 0 Å². The predicted molar refractivity (Wildman–Crippen MR) is 79.2 cm³/mol. The van der Waals surface area contributed by atoms with Crippen LogP contribution in [0.1, 0.15) is 31.4 Å². The van der Waals surface area contributed by atoms with Gasteiger partial charge in [-0.2, -0.15) is 0 Å². The highest BCUT2D eigenvalue weighted by molar-refractivity contribution is 5.28. The first-order valence-electron chi connectivity index (χ1n) is 7.35. The number of hydrogen-bond donors (Lipinski definition) is 2. The van der Waals surface area contributed by atoms with Gasteiger partial charge in [-0.05, 0) is 24.0 Å². The summed E-state index contributed by atoms with van der Waals surface area (Å²) in [6.07, 6.45) is 2.16. The van der Waals surface area contributed by atoms with E-state index in [2.05, 4.69) is 48.3 Å². The number of nitrogens with one attached hydrogen (secondary N) is 1. The fraction of sp³-hybridized carbons (Fsp3) is 0.625. The standard InChI is InChI=1S/C16H26N2O/c1-13(2)17-16(12-19)8-10-18-9-7-14-5-3-4-6-15(14)11-18/h3-6,13,16-17,19H,7-12H2,1-2H3. The zero-order valence-electron chi connectivity index (χ0n) is 12.1. The van der Waals surface area contributed by atoms with Crippen LogP contribution in [0.5, 0.6) is 0 Å². The lowest BCUT2D eigenvalue weighted by Gasteiger charge is -2.30. The first-order chi connectivity index (χ1) is 9.19. The maximum Gasteiger partial charge on any atom is 0.0585 e. The highest BCUT2D eigenvalue weighted by Crippen LogP contribution is 2.18. The van der Waals surface area contributed by atoms with Crippen LogP contribution in [0.25, 0.3) is 0 Å². The lowest BCUT2D eigenvalue weighted by Crippen LogP contribution is -2.41. The molecule has 0 saturated heterocycles. The minimum atomic E-state index is 0.220. The molecule has 0 saturated carbocycles. The molecule has 0 amide bonds. The van der Waals surface area contributed by atoms with E-state index in [0.29, 0.717) is 6.04 Å². The Morgan fingerprint density at radius 1 is 1.26 bits per heavy atom. The number of hydrogen-bond acceptors (Lipinski definition) is 3. The molecule has 3 nitrogen and oxygen atoms in total. The van der Waals surface area contributed by atoms with Gasteiger partial charge in [-0.25, -0.2) is 0 Å². The number of aliphatic hydroxyl groups is 1. The molecule has 1 heterocycles. The summed E-state index contributed by atoms with van der Waals surface area (Å²) in [6.45, 7) is 7.72. The average Bonchev–Trinajstić information content (AvgIpc) is 2.42. The topological polar surface area (TPSA) is 35.5 Å². The number of fused-ring (bicyclic) bond motifs is 1. The normalized spacial score (nSPS) is 17.5. The Kier molecular flexibility index (Phi) is 5.37. The highest BCUT2D eigenvalue weighted by atomic mass is 16.3. The molecule has 2 N–H and O–H groups in total. The van der Waals surface area contributed by atoms with Crippen LogP contribution in [0, 0.1) is 0 Å². The van der Waals surface area contributed by atoms with Crippen molar-refractivity contribution in [3.05, 3.63) is 35.4 Å². The Labute approximate surface area is 116 Å². The summed E-state index contributed by atoms with van der Waals surface area (Å²) in [5.74, 6) is 0. The maximum atomic E-state index is 9.38. The fourth-order valence-electron chi connectivity index (χ4n) is 2.78. The maximum absolute atomic E-state index is 9.38. The third kappa shape index (κ3) is 4.30. The van der Waals surface area contributed by atoms with Crippen LogP contribution in [0.2, 0.25) is 0 Å². The van der Waals surface area contributed by atoms with Gasteiger partial charge in [-0.1, -0.05) is 38.1 Å². The Morgan fingerprint density at radius 2 is 2.00 bits per heavy atom. The fourth-order valence-corrected chi connectivity index (χ4v) is 2.78. The minimum absolute atomic E-state index is 0.220. The number of rotatable bonds is 6. The molecule has 1 atom stereocenters. The lowest BCUT2D eigenvalue weighted by atomic mass is 9.99. The molecule has 0 aromatic heterocycles. The zero-order chi connectivity index (χ0) is 13.7. The molecule has 1 aromatic rings. The second-order valence-corrected chi connectivity index (χ2v) is 5.78. The molecular weight excluding hydrogens is 236 g/mol. The smallest absolute Gasteiger partial charge is 0.0585 e. The molecule has 19 heavy (non-hydrogen) atoms. The van der Waals surface area contributed by atoms with E-state index in [4.69, 9.17) is 0 Å². The van der Waals surface area contributed by atoms with Gasteiger partial charge in [0.15, 0.2) is 0 Å². The largest absolute Gasteiger partial charge is 0.395 e. The van der Waals surface area contributed by atoms with Crippen molar-refractivity contribution >= 4 is 0 Å². The Hall–Kier alpha value is -0.900. The monoisotopic (exact) mass is 262 g/mol. The molecule has 1 aliphatic heterocycles. The third-order valence-electron chi connectivity index (χ3n) is 3.79. The first-order valence-corrected chi connectivity index (χ1v) is 7.35. The second-order valence-electron chi connectivity index (χ2n) is 5.78. The third-order valence-corrected chi connectivity index (χ3v) is 3.79. The zero-order valence-corrected chi connectivity index (χ0v) is 12.1.